The maximum atomic E-state index is 8.84. The molecule has 0 amide bonds. The summed E-state index contributed by atoms with van der Waals surface area (Å²) in [7, 11) is 0. The Morgan fingerprint density at radius 2 is 2.00 bits per heavy atom. The third kappa shape index (κ3) is 3.82. The molecule has 96 valence electrons. The zero-order chi connectivity index (χ0) is 13.7. The monoisotopic (exact) mass is 270 g/mol. The first kappa shape index (κ1) is 13.6. The summed E-state index contributed by atoms with van der Waals surface area (Å²) in [5, 5.41) is 13.0. The van der Waals surface area contributed by atoms with E-state index >= 15 is 0 Å². The predicted octanol–water partition coefficient (Wildman–Crippen LogP) is 3.81. The highest BCUT2D eigenvalue weighted by Gasteiger charge is 2.00. The van der Waals surface area contributed by atoms with Gasteiger partial charge in [0.2, 0.25) is 0 Å². The van der Waals surface area contributed by atoms with Gasteiger partial charge in [0, 0.05) is 18.1 Å². The van der Waals surface area contributed by atoms with Crippen molar-refractivity contribution in [2.45, 2.75) is 20.0 Å². The molecular weight excluding hydrogens is 256 g/mol. The molecule has 0 saturated heterocycles. The van der Waals surface area contributed by atoms with Gasteiger partial charge < -0.3 is 5.32 Å². The number of nitrogens with one attached hydrogen (secondary N) is 1. The minimum atomic E-state index is 0.688. The first-order valence-corrected chi connectivity index (χ1v) is 6.51. The van der Waals surface area contributed by atoms with E-state index < -0.39 is 0 Å². The van der Waals surface area contributed by atoms with Crippen LogP contribution in [0.1, 0.15) is 22.3 Å². The van der Waals surface area contributed by atoms with E-state index in [4.69, 9.17) is 16.9 Å². The molecule has 0 heterocycles. The van der Waals surface area contributed by atoms with Crippen molar-refractivity contribution in [2.24, 2.45) is 0 Å². The van der Waals surface area contributed by atoms with Crippen molar-refractivity contribution in [3.8, 4) is 6.07 Å². The predicted molar refractivity (Wildman–Crippen MR) is 77.9 cm³/mol. The van der Waals surface area contributed by atoms with Gasteiger partial charge in [0.05, 0.1) is 11.6 Å². The van der Waals surface area contributed by atoms with Gasteiger partial charge in [-0.3, -0.25) is 0 Å². The fourth-order valence-corrected chi connectivity index (χ4v) is 2.19. The highest BCUT2D eigenvalue weighted by molar-refractivity contribution is 6.31. The van der Waals surface area contributed by atoms with Crippen LogP contribution >= 0.6 is 11.6 Å². The van der Waals surface area contributed by atoms with Gasteiger partial charge in [-0.25, -0.2) is 0 Å². The van der Waals surface area contributed by atoms with Crippen molar-refractivity contribution < 1.29 is 0 Å². The third-order valence-corrected chi connectivity index (χ3v) is 3.26. The highest BCUT2D eigenvalue weighted by Crippen LogP contribution is 2.17. The van der Waals surface area contributed by atoms with Crippen LogP contribution in [0.3, 0.4) is 0 Å². The number of hydrogen-bond donors (Lipinski definition) is 1. The smallest absolute Gasteiger partial charge is 0.0991 e. The number of halogens is 1. The molecule has 2 nitrogen and oxygen atoms in total. The van der Waals surface area contributed by atoms with Crippen LogP contribution in [0.15, 0.2) is 42.5 Å². The fraction of sp³-hybridized carbons (Fsp3) is 0.188. The van der Waals surface area contributed by atoms with E-state index in [-0.39, 0.29) is 0 Å². The summed E-state index contributed by atoms with van der Waals surface area (Å²) < 4.78 is 0. The van der Waals surface area contributed by atoms with Crippen molar-refractivity contribution in [3.63, 3.8) is 0 Å². The lowest BCUT2D eigenvalue weighted by Crippen LogP contribution is -2.13. The number of aryl methyl sites for hydroxylation is 1. The summed E-state index contributed by atoms with van der Waals surface area (Å²) in [6.07, 6.45) is 0. The van der Waals surface area contributed by atoms with E-state index in [2.05, 4.69) is 17.5 Å². The molecule has 19 heavy (non-hydrogen) atoms. The molecule has 0 saturated carbocycles. The zero-order valence-electron chi connectivity index (χ0n) is 10.8. The molecule has 0 radical (unpaired) electrons. The van der Waals surface area contributed by atoms with Crippen molar-refractivity contribution in [3.05, 3.63) is 69.7 Å². The summed E-state index contributed by atoms with van der Waals surface area (Å²) in [5.74, 6) is 0. The maximum absolute atomic E-state index is 8.84. The summed E-state index contributed by atoms with van der Waals surface area (Å²) in [6, 6.07) is 15.8. The second-order valence-electron chi connectivity index (χ2n) is 4.51. The van der Waals surface area contributed by atoms with Crippen LogP contribution in [-0.2, 0) is 13.1 Å². The summed E-state index contributed by atoms with van der Waals surface area (Å²) >= 11 is 6.18. The molecule has 2 aromatic carbocycles. The minimum absolute atomic E-state index is 0.688. The van der Waals surface area contributed by atoms with Crippen molar-refractivity contribution in [1.82, 2.24) is 5.32 Å². The summed E-state index contributed by atoms with van der Waals surface area (Å²) in [5.41, 5.74) is 4.04. The summed E-state index contributed by atoms with van der Waals surface area (Å²) in [6.45, 7) is 3.46. The summed E-state index contributed by atoms with van der Waals surface area (Å²) in [4.78, 5) is 0. The molecule has 0 unspecified atom stereocenters. The van der Waals surface area contributed by atoms with E-state index in [1.807, 2.05) is 37.3 Å². The fourth-order valence-electron chi connectivity index (χ4n) is 1.89. The molecule has 2 aromatic rings. The van der Waals surface area contributed by atoms with E-state index in [9.17, 15) is 0 Å². The topological polar surface area (TPSA) is 35.8 Å². The lowest BCUT2D eigenvalue weighted by atomic mass is 10.1. The number of nitriles is 1. The van der Waals surface area contributed by atoms with Crippen molar-refractivity contribution in [2.75, 3.05) is 0 Å². The molecule has 1 N–H and O–H groups in total. The number of hydrogen-bond acceptors (Lipinski definition) is 2. The van der Waals surface area contributed by atoms with Gasteiger partial charge in [0.15, 0.2) is 0 Å². The lowest BCUT2D eigenvalue weighted by molar-refractivity contribution is 0.693. The van der Waals surface area contributed by atoms with Crippen LogP contribution in [-0.4, -0.2) is 0 Å². The molecular formula is C16H15ClN2. The maximum Gasteiger partial charge on any atom is 0.0991 e. The Morgan fingerprint density at radius 1 is 1.16 bits per heavy atom. The molecule has 0 aliphatic carbocycles. The van der Waals surface area contributed by atoms with Gasteiger partial charge in [-0.2, -0.15) is 5.26 Å². The first-order valence-electron chi connectivity index (χ1n) is 6.14. The zero-order valence-corrected chi connectivity index (χ0v) is 11.5. The van der Waals surface area contributed by atoms with Crippen LogP contribution in [0.25, 0.3) is 0 Å². The molecule has 0 aliphatic heterocycles. The average Bonchev–Trinajstić information content (AvgIpc) is 2.41. The quantitative estimate of drug-likeness (QED) is 0.917. The molecule has 2 rings (SSSR count). The van der Waals surface area contributed by atoms with Gasteiger partial charge in [-0.05, 0) is 41.8 Å². The number of rotatable bonds is 4. The van der Waals surface area contributed by atoms with Crippen LogP contribution < -0.4 is 5.32 Å². The molecule has 0 fully saturated rings. The van der Waals surface area contributed by atoms with Crippen LogP contribution in [0.2, 0.25) is 5.02 Å². The SMILES string of the molecule is Cc1ccc(CNCc2cccc(C#N)c2)c(Cl)c1. The second kappa shape index (κ2) is 6.38. The van der Waals surface area contributed by atoms with Gasteiger partial charge >= 0.3 is 0 Å². The van der Waals surface area contributed by atoms with E-state index in [1.54, 1.807) is 6.07 Å². The van der Waals surface area contributed by atoms with E-state index in [0.29, 0.717) is 5.56 Å². The molecule has 0 spiro atoms. The third-order valence-electron chi connectivity index (χ3n) is 2.91. The molecule has 3 heteroatoms. The molecule has 0 bridgehead atoms. The Balaban J connectivity index is 1.94. The van der Waals surface area contributed by atoms with Gasteiger partial charge in [0.25, 0.3) is 0 Å². The Morgan fingerprint density at radius 3 is 2.74 bits per heavy atom. The van der Waals surface area contributed by atoms with E-state index in [1.165, 1.54) is 0 Å². The van der Waals surface area contributed by atoms with Crippen LogP contribution in [0.4, 0.5) is 0 Å². The Bertz CT molecular complexity index is 614. The van der Waals surface area contributed by atoms with Crippen LogP contribution in [0.5, 0.6) is 0 Å². The highest BCUT2D eigenvalue weighted by atomic mass is 35.5. The van der Waals surface area contributed by atoms with E-state index in [0.717, 1.165) is 34.8 Å². The molecule has 0 aromatic heterocycles. The van der Waals surface area contributed by atoms with Crippen LogP contribution in [0, 0.1) is 18.3 Å². The Labute approximate surface area is 118 Å². The standard InChI is InChI=1S/C16H15ClN2/c1-12-5-6-15(16(17)7-12)11-19-10-14-4-2-3-13(8-14)9-18/h2-8,19H,10-11H2,1H3. The van der Waals surface area contributed by atoms with Crippen molar-refractivity contribution in [1.29, 1.82) is 5.26 Å². The second-order valence-corrected chi connectivity index (χ2v) is 4.92. The van der Waals surface area contributed by atoms with Crippen molar-refractivity contribution >= 4 is 11.6 Å². The first-order chi connectivity index (χ1) is 9.19. The minimum Gasteiger partial charge on any atom is -0.309 e. The van der Waals surface area contributed by atoms with Gasteiger partial charge in [0.1, 0.15) is 0 Å². The average molecular weight is 271 g/mol. The number of benzene rings is 2. The van der Waals surface area contributed by atoms with Gasteiger partial charge in [-0.15, -0.1) is 0 Å². The normalized spacial score (nSPS) is 10.2. The Hall–Kier alpha value is -1.82. The molecule has 0 aliphatic rings. The van der Waals surface area contributed by atoms with Gasteiger partial charge in [-0.1, -0.05) is 35.9 Å². The molecule has 0 atom stereocenters. The number of nitrogens with zero attached hydrogens (tertiary/aromatic N) is 1. The largest absolute Gasteiger partial charge is 0.309 e. The Kier molecular flexibility index (Phi) is 4.57. The lowest BCUT2D eigenvalue weighted by Gasteiger charge is -2.08.